The fourth-order valence-electron chi connectivity index (χ4n) is 1.28. The number of nitrogens with zero attached hydrogens (tertiary/aromatic N) is 2. The second-order valence-corrected chi connectivity index (χ2v) is 3.84. The third-order valence-electron chi connectivity index (χ3n) is 2.21. The molecule has 2 N–H and O–H groups in total. The first-order valence-corrected chi connectivity index (χ1v) is 4.92. The Bertz CT molecular complexity index is 361. The van der Waals surface area contributed by atoms with E-state index in [-0.39, 0.29) is 5.91 Å². The number of carbonyl (C=O) groups is 1. The lowest BCUT2D eigenvalue weighted by Gasteiger charge is -2.10. The number of aryl methyl sites for hydroxylation is 2. The molecular formula is C11H17N3O. The van der Waals surface area contributed by atoms with Crippen LogP contribution in [0.15, 0.2) is 12.3 Å². The maximum absolute atomic E-state index is 11.4. The van der Waals surface area contributed by atoms with Crippen molar-refractivity contribution < 1.29 is 4.79 Å². The molecule has 1 aromatic rings. The lowest BCUT2D eigenvalue weighted by Crippen LogP contribution is -2.22. The lowest BCUT2D eigenvalue weighted by atomic mass is 10.1. The van der Waals surface area contributed by atoms with Crippen molar-refractivity contribution in [2.75, 3.05) is 19.8 Å². The molecule has 4 heteroatoms. The van der Waals surface area contributed by atoms with Crippen LogP contribution in [0.25, 0.3) is 0 Å². The van der Waals surface area contributed by atoms with E-state index in [4.69, 9.17) is 5.73 Å². The Morgan fingerprint density at radius 1 is 1.53 bits per heavy atom. The first-order valence-electron chi connectivity index (χ1n) is 4.92. The van der Waals surface area contributed by atoms with Crippen LogP contribution in [0.2, 0.25) is 0 Å². The van der Waals surface area contributed by atoms with Crippen molar-refractivity contribution in [3.8, 4) is 0 Å². The van der Waals surface area contributed by atoms with Crippen LogP contribution in [0.3, 0.4) is 0 Å². The Balaban J connectivity index is 2.62. The second-order valence-electron chi connectivity index (χ2n) is 3.84. The Morgan fingerprint density at radius 3 is 2.73 bits per heavy atom. The van der Waals surface area contributed by atoms with Gasteiger partial charge in [-0.05, 0) is 18.6 Å². The van der Waals surface area contributed by atoms with Crippen molar-refractivity contribution in [3.05, 3.63) is 23.5 Å². The van der Waals surface area contributed by atoms with Gasteiger partial charge in [-0.1, -0.05) is 0 Å². The lowest BCUT2D eigenvalue weighted by molar-refractivity contribution is -0.128. The van der Waals surface area contributed by atoms with Gasteiger partial charge in [0.05, 0.1) is 11.4 Å². The first kappa shape index (κ1) is 11.5. The number of anilines is 1. The number of nitrogen functional groups attached to an aromatic ring is 1. The van der Waals surface area contributed by atoms with Gasteiger partial charge < -0.3 is 10.6 Å². The van der Waals surface area contributed by atoms with Crippen LogP contribution in [0, 0.1) is 6.92 Å². The number of carbonyl (C=O) groups excluding carboxylic acids is 1. The number of pyridine rings is 1. The number of hydrogen-bond acceptors (Lipinski definition) is 3. The normalized spacial score (nSPS) is 10.1. The van der Waals surface area contributed by atoms with Gasteiger partial charge in [0, 0.05) is 33.1 Å². The summed E-state index contributed by atoms with van der Waals surface area (Å²) in [4.78, 5) is 17.1. The summed E-state index contributed by atoms with van der Waals surface area (Å²) >= 11 is 0. The minimum atomic E-state index is 0.0942. The quantitative estimate of drug-likeness (QED) is 0.804. The Morgan fingerprint density at radius 2 is 2.20 bits per heavy atom. The maximum atomic E-state index is 11.4. The molecule has 0 bridgehead atoms. The zero-order valence-corrected chi connectivity index (χ0v) is 9.45. The van der Waals surface area contributed by atoms with Crippen molar-refractivity contribution in [1.29, 1.82) is 0 Å². The monoisotopic (exact) mass is 207 g/mol. The van der Waals surface area contributed by atoms with E-state index in [9.17, 15) is 4.79 Å². The summed E-state index contributed by atoms with van der Waals surface area (Å²) in [5.74, 6) is 0.0942. The molecule has 0 unspecified atom stereocenters. The zero-order chi connectivity index (χ0) is 11.4. The number of nitrogens with two attached hydrogens (primary N) is 1. The fraction of sp³-hybridized carbons (Fsp3) is 0.455. The Labute approximate surface area is 90.1 Å². The van der Waals surface area contributed by atoms with Crippen molar-refractivity contribution in [1.82, 2.24) is 9.88 Å². The van der Waals surface area contributed by atoms with E-state index in [1.807, 2.05) is 13.0 Å². The van der Waals surface area contributed by atoms with Gasteiger partial charge in [0.2, 0.25) is 5.91 Å². The Kier molecular flexibility index (Phi) is 3.66. The highest BCUT2D eigenvalue weighted by Crippen LogP contribution is 2.12. The summed E-state index contributed by atoms with van der Waals surface area (Å²) in [7, 11) is 3.49. The zero-order valence-electron chi connectivity index (χ0n) is 9.45. The van der Waals surface area contributed by atoms with Crippen LogP contribution in [-0.2, 0) is 11.2 Å². The third-order valence-corrected chi connectivity index (χ3v) is 2.21. The molecule has 1 rings (SSSR count). The highest BCUT2D eigenvalue weighted by Gasteiger charge is 2.07. The van der Waals surface area contributed by atoms with Crippen LogP contribution in [0.4, 0.5) is 5.69 Å². The number of hydrogen-bond donors (Lipinski definition) is 1. The summed E-state index contributed by atoms with van der Waals surface area (Å²) in [6, 6.07) is 1.88. The third kappa shape index (κ3) is 3.23. The molecule has 0 aliphatic carbocycles. The predicted molar refractivity (Wildman–Crippen MR) is 60.4 cm³/mol. The minimum absolute atomic E-state index is 0.0942. The fourth-order valence-corrected chi connectivity index (χ4v) is 1.28. The van der Waals surface area contributed by atoms with E-state index in [0.29, 0.717) is 18.5 Å². The molecule has 4 nitrogen and oxygen atoms in total. The number of aromatic nitrogens is 1. The highest BCUT2D eigenvalue weighted by atomic mass is 16.2. The standard InChI is InChI=1S/C11H17N3O/c1-8-6-9(12)10(13-7-8)4-5-11(15)14(2)3/h6-7H,4-5,12H2,1-3H3. The van der Waals surface area contributed by atoms with E-state index in [2.05, 4.69) is 4.98 Å². The molecular weight excluding hydrogens is 190 g/mol. The van der Waals surface area contributed by atoms with E-state index in [0.717, 1.165) is 11.3 Å². The average Bonchev–Trinajstić information content (AvgIpc) is 2.15. The van der Waals surface area contributed by atoms with Crippen molar-refractivity contribution in [2.24, 2.45) is 0 Å². The van der Waals surface area contributed by atoms with Gasteiger partial charge in [0.15, 0.2) is 0 Å². The highest BCUT2D eigenvalue weighted by molar-refractivity contribution is 5.75. The SMILES string of the molecule is Cc1cnc(CCC(=O)N(C)C)c(N)c1. The first-order chi connectivity index (χ1) is 7.00. The average molecular weight is 207 g/mol. The van der Waals surface area contributed by atoms with Crippen molar-refractivity contribution in [2.45, 2.75) is 19.8 Å². The van der Waals surface area contributed by atoms with Gasteiger partial charge in [0.1, 0.15) is 0 Å². The molecule has 0 aromatic carbocycles. The molecule has 0 aliphatic rings. The van der Waals surface area contributed by atoms with E-state index < -0.39 is 0 Å². The molecule has 0 saturated carbocycles. The molecule has 1 aromatic heterocycles. The maximum Gasteiger partial charge on any atom is 0.222 e. The van der Waals surface area contributed by atoms with E-state index in [1.54, 1.807) is 25.2 Å². The van der Waals surface area contributed by atoms with Crippen LogP contribution in [-0.4, -0.2) is 29.9 Å². The van der Waals surface area contributed by atoms with Crippen LogP contribution in [0.5, 0.6) is 0 Å². The van der Waals surface area contributed by atoms with Crippen molar-refractivity contribution >= 4 is 11.6 Å². The minimum Gasteiger partial charge on any atom is -0.397 e. The summed E-state index contributed by atoms with van der Waals surface area (Å²) in [5.41, 5.74) is 8.30. The number of amides is 1. The molecule has 1 heterocycles. The largest absolute Gasteiger partial charge is 0.397 e. The molecule has 0 fully saturated rings. The molecule has 0 atom stereocenters. The van der Waals surface area contributed by atoms with Gasteiger partial charge >= 0.3 is 0 Å². The van der Waals surface area contributed by atoms with Gasteiger partial charge in [-0.15, -0.1) is 0 Å². The molecule has 0 radical (unpaired) electrons. The second kappa shape index (κ2) is 4.77. The van der Waals surface area contributed by atoms with E-state index >= 15 is 0 Å². The van der Waals surface area contributed by atoms with E-state index in [1.165, 1.54) is 0 Å². The van der Waals surface area contributed by atoms with Crippen LogP contribution < -0.4 is 5.73 Å². The van der Waals surface area contributed by atoms with Gasteiger partial charge in [-0.2, -0.15) is 0 Å². The summed E-state index contributed by atoms with van der Waals surface area (Å²) < 4.78 is 0. The smallest absolute Gasteiger partial charge is 0.222 e. The predicted octanol–water partition coefficient (Wildman–Crippen LogP) is 0.993. The summed E-state index contributed by atoms with van der Waals surface area (Å²) in [6.07, 6.45) is 2.82. The molecule has 1 amide bonds. The van der Waals surface area contributed by atoms with Gasteiger partial charge in [-0.25, -0.2) is 0 Å². The van der Waals surface area contributed by atoms with Crippen LogP contribution >= 0.6 is 0 Å². The molecule has 0 saturated heterocycles. The van der Waals surface area contributed by atoms with Crippen molar-refractivity contribution in [3.63, 3.8) is 0 Å². The topological polar surface area (TPSA) is 59.2 Å². The summed E-state index contributed by atoms with van der Waals surface area (Å²) in [5, 5.41) is 0. The number of rotatable bonds is 3. The molecule has 0 aliphatic heterocycles. The summed E-state index contributed by atoms with van der Waals surface area (Å²) in [6.45, 7) is 1.94. The molecule has 82 valence electrons. The van der Waals surface area contributed by atoms with Gasteiger partial charge in [-0.3, -0.25) is 9.78 Å². The molecule has 15 heavy (non-hydrogen) atoms. The van der Waals surface area contributed by atoms with Gasteiger partial charge in [0.25, 0.3) is 0 Å². The molecule has 0 spiro atoms. The Hall–Kier alpha value is -1.58. The van der Waals surface area contributed by atoms with Crippen LogP contribution in [0.1, 0.15) is 17.7 Å².